The number of hydrogen-bond donors (Lipinski definition) is 0. The molecule has 0 spiro atoms. The van der Waals surface area contributed by atoms with Gasteiger partial charge in [0.15, 0.2) is 0 Å². The molecular weight excluding hydrogens is 498 g/mol. The van der Waals surface area contributed by atoms with E-state index in [9.17, 15) is 0 Å². The highest BCUT2D eigenvalue weighted by Crippen LogP contribution is 2.41. The maximum absolute atomic E-state index is 6.60. The van der Waals surface area contributed by atoms with E-state index in [-0.39, 0.29) is 0 Å². The normalized spacial score (nSPS) is 11.7. The summed E-state index contributed by atoms with van der Waals surface area (Å²) in [5.41, 5.74) is 9.66. The number of hydrogen-bond acceptors (Lipinski definition) is 1. The van der Waals surface area contributed by atoms with E-state index in [1.54, 1.807) is 0 Å². The molecule has 8 aromatic rings. The molecule has 6 aromatic carbocycles. The summed E-state index contributed by atoms with van der Waals surface area (Å²) in [5, 5.41) is 5.43. The maximum atomic E-state index is 6.60. The third kappa shape index (κ3) is 3.42. The average molecular weight is 520 g/mol. The lowest BCUT2D eigenvalue weighted by molar-refractivity contribution is 0.669. The lowest BCUT2D eigenvalue weighted by Crippen LogP contribution is -1.98. The molecule has 39 heavy (non-hydrogen) atoms. The van der Waals surface area contributed by atoms with E-state index in [2.05, 4.69) is 114 Å². The second-order valence-corrected chi connectivity index (χ2v) is 10.3. The largest absolute Gasteiger partial charge is 0.456 e. The number of halogens is 1. The fourth-order valence-electron chi connectivity index (χ4n) is 5.96. The number of benzene rings is 6. The van der Waals surface area contributed by atoms with Crippen molar-refractivity contribution < 1.29 is 4.42 Å². The van der Waals surface area contributed by atoms with Crippen LogP contribution in [-0.2, 0) is 0 Å². The Morgan fingerprint density at radius 3 is 1.90 bits per heavy atom. The molecule has 0 aliphatic rings. The van der Waals surface area contributed by atoms with E-state index in [1.165, 1.54) is 21.8 Å². The van der Waals surface area contributed by atoms with Gasteiger partial charge in [-0.3, -0.25) is 0 Å². The summed E-state index contributed by atoms with van der Waals surface area (Å²) in [7, 11) is 0. The highest BCUT2D eigenvalue weighted by atomic mass is 35.5. The Balaban J connectivity index is 1.39. The van der Waals surface area contributed by atoms with E-state index in [0.29, 0.717) is 5.02 Å². The van der Waals surface area contributed by atoms with Gasteiger partial charge in [0.25, 0.3) is 0 Å². The van der Waals surface area contributed by atoms with Gasteiger partial charge in [0, 0.05) is 32.1 Å². The Kier molecular flexibility index (Phi) is 4.91. The highest BCUT2D eigenvalue weighted by molar-refractivity contribution is 6.31. The number of fused-ring (bicyclic) bond motifs is 6. The molecule has 0 unspecified atom stereocenters. The van der Waals surface area contributed by atoms with Crippen molar-refractivity contribution in [1.82, 2.24) is 4.57 Å². The molecule has 0 aliphatic heterocycles. The summed E-state index contributed by atoms with van der Waals surface area (Å²) < 4.78 is 8.61. The fraction of sp³-hybridized carbons (Fsp3) is 0. The molecule has 3 heteroatoms. The first-order valence-electron chi connectivity index (χ1n) is 13.1. The van der Waals surface area contributed by atoms with Gasteiger partial charge < -0.3 is 8.98 Å². The van der Waals surface area contributed by atoms with Crippen LogP contribution in [0.4, 0.5) is 0 Å². The first kappa shape index (κ1) is 22.2. The van der Waals surface area contributed by atoms with Crippen molar-refractivity contribution in [3.05, 3.63) is 138 Å². The Morgan fingerprint density at radius 1 is 0.462 bits per heavy atom. The van der Waals surface area contributed by atoms with Crippen LogP contribution in [0, 0.1) is 0 Å². The van der Waals surface area contributed by atoms with E-state index in [1.807, 2.05) is 24.3 Å². The monoisotopic (exact) mass is 519 g/mol. The van der Waals surface area contributed by atoms with Crippen molar-refractivity contribution >= 4 is 55.3 Å². The molecule has 8 rings (SSSR count). The van der Waals surface area contributed by atoms with Crippen LogP contribution in [0.25, 0.3) is 71.7 Å². The summed E-state index contributed by atoms with van der Waals surface area (Å²) in [6.45, 7) is 0. The van der Waals surface area contributed by atoms with Gasteiger partial charge in [0.2, 0.25) is 0 Å². The summed E-state index contributed by atoms with van der Waals surface area (Å²) in [4.78, 5) is 0. The van der Waals surface area contributed by atoms with E-state index in [0.717, 1.165) is 49.9 Å². The highest BCUT2D eigenvalue weighted by Gasteiger charge is 2.18. The standard InChI is InChI=1S/C36H22ClNO/c37-24-18-20-25(31(22-24)23-17-19-30-29-12-4-8-16-35(29)39-36(30)21-23)26-9-1-5-13-32(26)38-33-14-6-2-10-27(33)28-11-3-7-15-34(28)38/h1-22H. The van der Waals surface area contributed by atoms with Crippen molar-refractivity contribution in [3.63, 3.8) is 0 Å². The molecule has 0 N–H and O–H groups in total. The van der Waals surface area contributed by atoms with Crippen molar-refractivity contribution in [2.75, 3.05) is 0 Å². The number of nitrogens with zero attached hydrogens (tertiary/aromatic N) is 1. The second kappa shape index (κ2) is 8.62. The van der Waals surface area contributed by atoms with Gasteiger partial charge >= 0.3 is 0 Å². The van der Waals surface area contributed by atoms with Crippen molar-refractivity contribution in [2.45, 2.75) is 0 Å². The van der Waals surface area contributed by atoms with Crippen LogP contribution in [-0.4, -0.2) is 4.57 Å². The van der Waals surface area contributed by atoms with Crippen LogP contribution >= 0.6 is 11.6 Å². The molecule has 0 atom stereocenters. The predicted octanol–water partition coefficient (Wildman–Crippen LogP) is 10.7. The quantitative estimate of drug-likeness (QED) is 0.227. The minimum atomic E-state index is 0.702. The zero-order valence-corrected chi connectivity index (χ0v) is 21.7. The maximum Gasteiger partial charge on any atom is 0.136 e. The third-order valence-electron chi connectivity index (χ3n) is 7.69. The van der Waals surface area contributed by atoms with Gasteiger partial charge in [-0.2, -0.15) is 0 Å². The molecule has 2 heterocycles. The fourth-order valence-corrected chi connectivity index (χ4v) is 6.13. The molecule has 0 bridgehead atoms. The lowest BCUT2D eigenvalue weighted by atomic mass is 9.93. The van der Waals surface area contributed by atoms with Gasteiger partial charge in [-0.25, -0.2) is 0 Å². The van der Waals surface area contributed by atoms with Crippen LogP contribution in [0.3, 0.4) is 0 Å². The van der Waals surface area contributed by atoms with Gasteiger partial charge in [-0.05, 0) is 65.2 Å². The van der Waals surface area contributed by atoms with Crippen molar-refractivity contribution in [1.29, 1.82) is 0 Å². The van der Waals surface area contributed by atoms with Gasteiger partial charge in [0.1, 0.15) is 11.2 Å². The van der Waals surface area contributed by atoms with E-state index in [4.69, 9.17) is 16.0 Å². The first-order chi connectivity index (χ1) is 19.3. The number of aromatic nitrogens is 1. The summed E-state index contributed by atoms with van der Waals surface area (Å²) in [6, 6.07) is 46.6. The van der Waals surface area contributed by atoms with Gasteiger partial charge in [0.05, 0.1) is 16.7 Å². The topological polar surface area (TPSA) is 18.1 Å². The first-order valence-corrected chi connectivity index (χ1v) is 13.4. The average Bonchev–Trinajstić information content (AvgIpc) is 3.52. The van der Waals surface area contributed by atoms with Gasteiger partial charge in [-0.15, -0.1) is 0 Å². The number of rotatable bonds is 3. The molecule has 0 saturated heterocycles. The zero-order valence-electron chi connectivity index (χ0n) is 20.9. The van der Waals surface area contributed by atoms with Crippen LogP contribution in [0.5, 0.6) is 0 Å². The minimum Gasteiger partial charge on any atom is -0.456 e. The SMILES string of the molecule is Clc1ccc(-c2ccccc2-n2c3ccccc3c3ccccc32)c(-c2ccc3c(c2)oc2ccccc23)c1. The van der Waals surface area contributed by atoms with Gasteiger partial charge in [-0.1, -0.05) is 96.5 Å². The summed E-state index contributed by atoms with van der Waals surface area (Å²) >= 11 is 6.60. The third-order valence-corrected chi connectivity index (χ3v) is 7.92. The zero-order chi connectivity index (χ0) is 25.9. The van der Waals surface area contributed by atoms with Crippen LogP contribution < -0.4 is 0 Å². The Labute approximate surface area is 230 Å². The molecule has 2 aromatic heterocycles. The molecule has 2 nitrogen and oxygen atoms in total. The van der Waals surface area contributed by atoms with E-state index < -0.39 is 0 Å². The van der Waals surface area contributed by atoms with Crippen LogP contribution in [0.2, 0.25) is 5.02 Å². The molecule has 0 saturated carbocycles. The molecule has 0 radical (unpaired) electrons. The predicted molar refractivity (Wildman–Crippen MR) is 164 cm³/mol. The number of para-hydroxylation sites is 4. The summed E-state index contributed by atoms with van der Waals surface area (Å²) in [5.74, 6) is 0. The van der Waals surface area contributed by atoms with Crippen molar-refractivity contribution in [2.24, 2.45) is 0 Å². The Bertz CT molecular complexity index is 2150. The minimum absolute atomic E-state index is 0.702. The molecule has 0 fully saturated rings. The second-order valence-electron chi connectivity index (χ2n) is 9.89. The molecule has 184 valence electrons. The molecule has 0 amide bonds. The van der Waals surface area contributed by atoms with Crippen LogP contribution in [0.1, 0.15) is 0 Å². The van der Waals surface area contributed by atoms with Crippen molar-refractivity contribution in [3.8, 4) is 27.9 Å². The number of furan rings is 1. The Morgan fingerprint density at radius 2 is 1.10 bits per heavy atom. The summed E-state index contributed by atoms with van der Waals surface area (Å²) in [6.07, 6.45) is 0. The molecular formula is C36H22ClNO. The van der Waals surface area contributed by atoms with E-state index >= 15 is 0 Å². The van der Waals surface area contributed by atoms with Crippen LogP contribution in [0.15, 0.2) is 138 Å². The molecule has 0 aliphatic carbocycles. The smallest absolute Gasteiger partial charge is 0.136 e. The Hall–Kier alpha value is -4.79. The lowest BCUT2D eigenvalue weighted by Gasteiger charge is -2.17.